The molecule has 15 heavy (non-hydrogen) atoms. The van der Waals surface area contributed by atoms with Crippen molar-refractivity contribution in [3.8, 4) is 5.75 Å². The Morgan fingerprint density at radius 1 is 1.47 bits per heavy atom. The Morgan fingerprint density at radius 2 is 2.27 bits per heavy atom. The zero-order valence-electron chi connectivity index (χ0n) is 8.07. The largest absolute Gasteiger partial charge is 0.451 e. The molecule has 0 radical (unpaired) electrons. The van der Waals surface area contributed by atoms with Gasteiger partial charge in [-0.3, -0.25) is 0 Å². The molecule has 1 aliphatic heterocycles. The SMILES string of the molecule is CC1=CC(Oc2cccc(Cl)c2)OC1=O. The van der Waals surface area contributed by atoms with Gasteiger partial charge >= 0.3 is 5.97 Å². The minimum absolute atomic E-state index is 0.345. The Labute approximate surface area is 92.3 Å². The Hall–Kier alpha value is -1.48. The highest BCUT2D eigenvalue weighted by molar-refractivity contribution is 6.30. The highest BCUT2D eigenvalue weighted by Crippen LogP contribution is 2.21. The molecule has 4 heteroatoms. The monoisotopic (exact) mass is 224 g/mol. The molecular weight excluding hydrogens is 216 g/mol. The number of hydrogen-bond donors (Lipinski definition) is 0. The topological polar surface area (TPSA) is 35.5 Å². The van der Waals surface area contributed by atoms with Crippen LogP contribution >= 0.6 is 11.6 Å². The van der Waals surface area contributed by atoms with E-state index in [9.17, 15) is 4.79 Å². The average molecular weight is 225 g/mol. The third kappa shape index (κ3) is 2.30. The van der Waals surface area contributed by atoms with E-state index >= 15 is 0 Å². The van der Waals surface area contributed by atoms with Gasteiger partial charge in [-0.05, 0) is 25.1 Å². The van der Waals surface area contributed by atoms with Crippen LogP contribution in [0.1, 0.15) is 6.92 Å². The lowest BCUT2D eigenvalue weighted by atomic mass is 10.3. The standard InChI is InChI=1S/C11H9ClO3/c1-7-5-10(15-11(7)13)14-9-4-2-3-8(12)6-9/h2-6,10H,1H3. The molecule has 1 unspecified atom stereocenters. The van der Waals surface area contributed by atoms with Crippen molar-refractivity contribution in [2.75, 3.05) is 0 Å². The van der Waals surface area contributed by atoms with Gasteiger partial charge in [0, 0.05) is 16.7 Å². The summed E-state index contributed by atoms with van der Waals surface area (Å²) in [5, 5.41) is 0.581. The van der Waals surface area contributed by atoms with Gasteiger partial charge in [-0.1, -0.05) is 17.7 Å². The Kier molecular flexibility index (Phi) is 2.64. The van der Waals surface area contributed by atoms with E-state index in [1.807, 2.05) is 0 Å². The van der Waals surface area contributed by atoms with Crippen LogP contribution in [0.25, 0.3) is 0 Å². The maximum atomic E-state index is 11.0. The van der Waals surface area contributed by atoms with Crippen molar-refractivity contribution in [2.45, 2.75) is 13.2 Å². The summed E-state index contributed by atoms with van der Waals surface area (Å²) in [6, 6.07) is 6.93. The molecule has 0 N–H and O–H groups in total. The molecule has 0 bridgehead atoms. The fourth-order valence-corrected chi connectivity index (χ4v) is 1.42. The van der Waals surface area contributed by atoms with Crippen molar-refractivity contribution in [2.24, 2.45) is 0 Å². The van der Waals surface area contributed by atoms with E-state index in [2.05, 4.69) is 0 Å². The molecule has 0 saturated carbocycles. The summed E-state index contributed by atoms with van der Waals surface area (Å²) in [5.41, 5.74) is 0.557. The number of cyclic esters (lactones) is 1. The molecule has 78 valence electrons. The summed E-state index contributed by atoms with van der Waals surface area (Å²) in [7, 11) is 0. The number of benzene rings is 1. The normalized spacial score (nSPS) is 19.7. The summed E-state index contributed by atoms with van der Waals surface area (Å²) in [6.45, 7) is 1.68. The van der Waals surface area contributed by atoms with Crippen LogP contribution in [0, 0.1) is 0 Å². The van der Waals surface area contributed by atoms with Crippen LogP contribution in [-0.4, -0.2) is 12.3 Å². The summed E-state index contributed by atoms with van der Waals surface area (Å²) in [5.74, 6) is 0.230. The first-order valence-electron chi connectivity index (χ1n) is 4.47. The molecule has 0 saturated heterocycles. The molecular formula is C11H9ClO3. The highest BCUT2D eigenvalue weighted by Gasteiger charge is 2.23. The van der Waals surface area contributed by atoms with Gasteiger partial charge in [-0.25, -0.2) is 4.79 Å². The average Bonchev–Trinajstić information content (AvgIpc) is 2.45. The second-order valence-electron chi connectivity index (χ2n) is 3.20. The van der Waals surface area contributed by atoms with Crippen molar-refractivity contribution < 1.29 is 14.3 Å². The van der Waals surface area contributed by atoms with Gasteiger partial charge in [-0.2, -0.15) is 0 Å². The van der Waals surface area contributed by atoms with E-state index in [0.717, 1.165) is 0 Å². The molecule has 3 nitrogen and oxygen atoms in total. The van der Waals surface area contributed by atoms with Gasteiger partial charge in [0.25, 0.3) is 6.29 Å². The quantitative estimate of drug-likeness (QED) is 0.725. The highest BCUT2D eigenvalue weighted by atomic mass is 35.5. The van der Waals surface area contributed by atoms with Crippen molar-refractivity contribution in [1.29, 1.82) is 0 Å². The molecule has 1 aromatic carbocycles. The summed E-state index contributed by atoms with van der Waals surface area (Å²) in [6.07, 6.45) is 0.986. The predicted octanol–water partition coefficient (Wildman–Crippen LogP) is 2.55. The number of rotatable bonds is 2. The molecule has 0 aliphatic carbocycles. The Morgan fingerprint density at radius 3 is 2.87 bits per heavy atom. The van der Waals surface area contributed by atoms with Crippen LogP contribution in [0.4, 0.5) is 0 Å². The zero-order chi connectivity index (χ0) is 10.8. The number of halogens is 1. The molecule has 2 rings (SSSR count). The fraction of sp³-hybridized carbons (Fsp3) is 0.182. The number of hydrogen-bond acceptors (Lipinski definition) is 3. The number of esters is 1. The van der Waals surface area contributed by atoms with Crippen LogP contribution in [0.5, 0.6) is 5.75 Å². The van der Waals surface area contributed by atoms with E-state index in [-0.39, 0.29) is 5.97 Å². The third-order valence-electron chi connectivity index (χ3n) is 1.98. The van der Waals surface area contributed by atoms with Gasteiger partial charge in [0.2, 0.25) is 0 Å². The fourth-order valence-electron chi connectivity index (χ4n) is 1.24. The molecule has 1 atom stereocenters. The van der Waals surface area contributed by atoms with Gasteiger partial charge in [-0.15, -0.1) is 0 Å². The van der Waals surface area contributed by atoms with Gasteiger partial charge in [0.05, 0.1) is 0 Å². The van der Waals surface area contributed by atoms with E-state index < -0.39 is 6.29 Å². The van der Waals surface area contributed by atoms with E-state index in [1.54, 1.807) is 37.3 Å². The van der Waals surface area contributed by atoms with Crippen molar-refractivity contribution in [1.82, 2.24) is 0 Å². The lowest BCUT2D eigenvalue weighted by Gasteiger charge is -2.11. The second kappa shape index (κ2) is 3.95. The van der Waals surface area contributed by atoms with Crippen LogP contribution in [0.15, 0.2) is 35.9 Å². The number of carbonyl (C=O) groups is 1. The summed E-state index contributed by atoms with van der Waals surface area (Å²) < 4.78 is 10.3. The first-order valence-corrected chi connectivity index (χ1v) is 4.84. The van der Waals surface area contributed by atoms with E-state index in [0.29, 0.717) is 16.3 Å². The molecule has 1 aromatic rings. The van der Waals surface area contributed by atoms with Gasteiger partial charge in [0.1, 0.15) is 5.75 Å². The molecule has 0 fully saturated rings. The van der Waals surface area contributed by atoms with Gasteiger partial charge in [0.15, 0.2) is 0 Å². The lowest BCUT2D eigenvalue weighted by molar-refractivity contribution is -0.148. The number of ether oxygens (including phenoxy) is 2. The van der Waals surface area contributed by atoms with Gasteiger partial charge < -0.3 is 9.47 Å². The molecule has 0 spiro atoms. The van der Waals surface area contributed by atoms with Crippen LogP contribution < -0.4 is 4.74 Å². The summed E-state index contributed by atoms with van der Waals surface area (Å²) in [4.78, 5) is 11.0. The van der Waals surface area contributed by atoms with E-state index in [4.69, 9.17) is 21.1 Å². The van der Waals surface area contributed by atoms with Crippen molar-refractivity contribution in [3.05, 3.63) is 40.9 Å². The molecule has 0 aromatic heterocycles. The number of carbonyl (C=O) groups excluding carboxylic acids is 1. The van der Waals surface area contributed by atoms with Crippen LogP contribution in [0.3, 0.4) is 0 Å². The first kappa shape index (κ1) is 10.1. The van der Waals surface area contributed by atoms with E-state index in [1.165, 1.54) is 0 Å². The van der Waals surface area contributed by atoms with Crippen LogP contribution in [0.2, 0.25) is 5.02 Å². The Bertz CT molecular complexity index is 426. The smallest absolute Gasteiger partial charge is 0.336 e. The molecule has 1 aliphatic rings. The minimum Gasteiger partial charge on any atom is -0.451 e. The zero-order valence-corrected chi connectivity index (χ0v) is 8.82. The minimum atomic E-state index is -0.643. The third-order valence-corrected chi connectivity index (χ3v) is 2.21. The lowest BCUT2D eigenvalue weighted by Crippen LogP contribution is -2.15. The second-order valence-corrected chi connectivity index (χ2v) is 3.64. The Balaban J connectivity index is 2.08. The van der Waals surface area contributed by atoms with Crippen LogP contribution in [-0.2, 0) is 9.53 Å². The summed E-state index contributed by atoms with van der Waals surface area (Å²) >= 11 is 5.78. The first-order chi connectivity index (χ1) is 7.15. The molecule has 0 amide bonds. The van der Waals surface area contributed by atoms with Crippen molar-refractivity contribution >= 4 is 17.6 Å². The maximum Gasteiger partial charge on any atom is 0.336 e. The van der Waals surface area contributed by atoms with Crippen molar-refractivity contribution in [3.63, 3.8) is 0 Å². The predicted molar refractivity (Wildman–Crippen MR) is 55.7 cm³/mol. The maximum absolute atomic E-state index is 11.0. The molecule has 1 heterocycles.